The summed E-state index contributed by atoms with van der Waals surface area (Å²) in [5.41, 5.74) is 1.74. The number of nitrogens with zero attached hydrogens (tertiary/aromatic N) is 2. The van der Waals surface area contributed by atoms with Crippen LogP contribution >= 0.6 is 15.9 Å². The van der Waals surface area contributed by atoms with Crippen molar-refractivity contribution in [2.24, 2.45) is 0 Å². The second kappa shape index (κ2) is 4.28. The Hall–Kier alpha value is -0.940. The van der Waals surface area contributed by atoms with E-state index in [2.05, 4.69) is 20.9 Å². The van der Waals surface area contributed by atoms with E-state index < -0.39 is 0 Å². The Kier molecular flexibility index (Phi) is 3.02. The van der Waals surface area contributed by atoms with Gasteiger partial charge >= 0.3 is 0 Å². The summed E-state index contributed by atoms with van der Waals surface area (Å²) in [5, 5.41) is 0. The third-order valence-electron chi connectivity index (χ3n) is 2.34. The van der Waals surface area contributed by atoms with Crippen LogP contribution in [0, 0.1) is 0 Å². The molecule has 1 aliphatic heterocycles. The fourth-order valence-corrected chi connectivity index (χ4v) is 1.95. The molecule has 15 heavy (non-hydrogen) atoms. The third kappa shape index (κ3) is 2.03. The number of anilines is 1. The highest BCUT2D eigenvalue weighted by atomic mass is 79.9. The zero-order valence-corrected chi connectivity index (χ0v) is 9.95. The number of hydrogen-bond acceptors (Lipinski definition) is 3. The lowest BCUT2D eigenvalue weighted by atomic mass is 10.3. The molecule has 80 valence electrons. The highest BCUT2D eigenvalue weighted by Gasteiger charge is 2.27. The van der Waals surface area contributed by atoms with Crippen LogP contribution in [-0.4, -0.2) is 31.2 Å². The zero-order chi connectivity index (χ0) is 10.8. The number of carbonyl (C=O) groups is 1. The zero-order valence-electron chi connectivity index (χ0n) is 8.36. The molecule has 1 amide bonds. The van der Waals surface area contributed by atoms with Gasteiger partial charge in [0.25, 0.3) is 0 Å². The van der Waals surface area contributed by atoms with Crippen molar-refractivity contribution in [1.29, 1.82) is 0 Å². The number of carbonyl (C=O) groups excluding carboxylic acids is 1. The van der Waals surface area contributed by atoms with Crippen molar-refractivity contribution >= 4 is 27.5 Å². The number of rotatable bonds is 3. The van der Waals surface area contributed by atoms with Crippen LogP contribution in [0.15, 0.2) is 16.7 Å². The molecule has 0 aliphatic carbocycles. The van der Waals surface area contributed by atoms with Crippen LogP contribution in [-0.2, 0) is 16.0 Å². The molecule has 0 aromatic carbocycles. The quantitative estimate of drug-likeness (QED) is 0.834. The average molecular weight is 271 g/mol. The van der Waals surface area contributed by atoms with Gasteiger partial charge in [0.15, 0.2) is 0 Å². The second-order valence-electron chi connectivity index (χ2n) is 3.33. The lowest BCUT2D eigenvalue weighted by Gasteiger charge is -2.16. The van der Waals surface area contributed by atoms with Crippen LogP contribution < -0.4 is 4.90 Å². The van der Waals surface area contributed by atoms with Crippen molar-refractivity contribution in [1.82, 2.24) is 4.98 Å². The van der Waals surface area contributed by atoms with E-state index in [1.54, 1.807) is 18.2 Å². The second-order valence-corrected chi connectivity index (χ2v) is 4.25. The number of pyridine rings is 1. The normalized spacial score (nSPS) is 14.5. The summed E-state index contributed by atoms with van der Waals surface area (Å²) in [6.45, 7) is 1.12. The minimum Gasteiger partial charge on any atom is -0.383 e. The van der Waals surface area contributed by atoms with Gasteiger partial charge in [-0.2, -0.15) is 0 Å². The molecule has 0 radical (unpaired) electrons. The number of amides is 1. The first-order chi connectivity index (χ1) is 7.22. The lowest BCUT2D eigenvalue weighted by Crippen LogP contribution is -2.30. The summed E-state index contributed by atoms with van der Waals surface area (Å²) in [7, 11) is 1.63. The monoisotopic (exact) mass is 270 g/mol. The molecule has 0 fully saturated rings. The Morgan fingerprint density at radius 1 is 1.67 bits per heavy atom. The first kappa shape index (κ1) is 10.6. The van der Waals surface area contributed by atoms with Gasteiger partial charge in [-0.15, -0.1) is 0 Å². The van der Waals surface area contributed by atoms with E-state index in [0.717, 1.165) is 15.9 Å². The summed E-state index contributed by atoms with van der Waals surface area (Å²) in [5.74, 6) is 0.0904. The van der Waals surface area contributed by atoms with Crippen molar-refractivity contribution < 1.29 is 9.53 Å². The van der Waals surface area contributed by atoms with Crippen LogP contribution in [0.1, 0.15) is 5.69 Å². The van der Waals surface area contributed by atoms with Gasteiger partial charge < -0.3 is 9.64 Å². The lowest BCUT2D eigenvalue weighted by molar-refractivity contribution is -0.117. The SMILES string of the molecule is COCCN1C(=O)Cc2ncc(Br)cc21. The Morgan fingerprint density at radius 3 is 3.20 bits per heavy atom. The fourth-order valence-electron chi connectivity index (χ4n) is 1.63. The maximum atomic E-state index is 11.7. The van der Waals surface area contributed by atoms with Gasteiger partial charge in [-0.3, -0.25) is 9.78 Å². The highest BCUT2D eigenvalue weighted by Crippen LogP contribution is 2.29. The third-order valence-corrected chi connectivity index (χ3v) is 2.78. The molecule has 1 aliphatic rings. The van der Waals surface area contributed by atoms with Gasteiger partial charge in [-0.1, -0.05) is 0 Å². The van der Waals surface area contributed by atoms with E-state index in [1.165, 1.54) is 0 Å². The molecular formula is C10H11BrN2O2. The van der Waals surface area contributed by atoms with Gasteiger partial charge in [0.2, 0.25) is 5.91 Å². The standard InChI is InChI=1S/C10H11BrN2O2/c1-15-3-2-13-9-4-7(11)6-12-8(9)5-10(13)14/h4,6H,2-3,5H2,1H3. The number of aromatic nitrogens is 1. The van der Waals surface area contributed by atoms with Gasteiger partial charge in [0.1, 0.15) is 0 Å². The largest absolute Gasteiger partial charge is 0.383 e. The van der Waals surface area contributed by atoms with Crippen LogP contribution in [0.25, 0.3) is 0 Å². The smallest absolute Gasteiger partial charge is 0.233 e. The highest BCUT2D eigenvalue weighted by molar-refractivity contribution is 9.10. The number of halogens is 1. The maximum absolute atomic E-state index is 11.7. The van der Waals surface area contributed by atoms with Gasteiger partial charge in [0.05, 0.1) is 24.4 Å². The van der Waals surface area contributed by atoms with Crippen LogP contribution in [0.5, 0.6) is 0 Å². The molecule has 0 bridgehead atoms. The van der Waals surface area contributed by atoms with Gasteiger partial charge in [-0.05, 0) is 22.0 Å². The van der Waals surface area contributed by atoms with Crippen LogP contribution in [0.3, 0.4) is 0 Å². The molecule has 1 aromatic rings. The minimum absolute atomic E-state index is 0.0904. The summed E-state index contributed by atoms with van der Waals surface area (Å²) in [6.07, 6.45) is 2.11. The molecule has 0 unspecified atom stereocenters. The summed E-state index contributed by atoms with van der Waals surface area (Å²) in [4.78, 5) is 17.6. The molecule has 2 heterocycles. The average Bonchev–Trinajstić information content (AvgIpc) is 2.51. The van der Waals surface area contributed by atoms with Crippen molar-refractivity contribution in [3.05, 3.63) is 22.4 Å². The van der Waals surface area contributed by atoms with E-state index in [-0.39, 0.29) is 5.91 Å². The predicted octanol–water partition coefficient (Wildman–Crippen LogP) is 1.38. The van der Waals surface area contributed by atoms with Crippen molar-refractivity contribution in [2.45, 2.75) is 6.42 Å². The predicted molar refractivity (Wildman–Crippen MR) is 59.9 cm³/mol. The van der Waals surface area contributed by atoms with Crippen LogP contribution in [0.2, 0.25) is 0 Å². The summed E-state index contributed by atoms with van der Waals surface area (Å²) >= 11 is 3.35. The van der Waals surface area contributed by atoms with E-state index >= 15 is 0 Å². The number of hydrogen-bond donors (Lipinski definition) is 0. The van der Waals surface area contributed by atoms with Gasteiger partial charge in [0, 0.05) is 24.3 Å². The molecule has 0 atom stereocenters. The van der Waals surface area contributed by atoms with Gasteiger partial charge in [-0.25, -0.2) is 0 Å². The summed E-state index contributed by atoms with van der Waals surface area (Å²) in [6, 6.07) is 1.92. The Bertz CT molecular complexity index is 395. The molecule has 0 saturated carbocycles. The summed E-state index contributed by atoms with van der Waals surface area (Å²) < 4.78 is 5.86. The van der Waals surface area contributed by atoms with Crippen LogP contribution in [0.4, 0.5) is 5.69 Å². The first-order valence-electron chi connectivity index (χ1n) is 4.66. The molecule has 0 N–H and O–H groups in total. The molecular weight excluding hydrogens is 260 g/mol. The molecule has 4 nitrogen and oxygen atoms in total. The first-order valence-corrected chi connectivity index (χ1v) is 5.45. The molecule has 0 spiro atoms. The number of ether oxygens (including phenoxy) is 1. The molecule has 1 aromatic heterocycles. The maximum Gasteiger partial charge on any atom is 0.233 e. The Morgan fingerprint density at radius 2 is 2.47 bits per heavy atom. The van der Waals surface area contributed by atoms with Crippen molar-refractivity contribution in [2.75, 3.05) is 25.2 Å². The molecule has 5 heteroatoms. The Balaban J connectivity index is 2.27. The van der Waals surface area contributed by atoms with E-state index in [9.17, 15) is 4.79 Å². The fraction of sp³-hybridized carbons (Fsp3) is 0.400. The Labute approximate surface area is 96.4 Å². The van der Waals surface area contributed by atoms with E-state index in [0.29, 0.717) is 19.6 Å². The molecule has 0 saturated heterocycles. The van der Waals surface area contributed by atoms with E-state index in [4.69, 9.17) is 4.74 Å². The number of fused-ring (bicyclic) bond motifs is 1. The van der Waals surface area contributed by atoms with E-state index in [1.807, 2.05) is 6.07 Å². The van der Waals surface area contributed by atoms with Crippen molar-refractivity contribution in [3.8, 4) is 0 Å². The minimum atomic E-state index is 0.0904. The molecule has 2 rings (SSSR count). The topological polar surface area (TPSA) is 42.4 Å². The van der Waals surface area contributed by atoms with Crippen molar-refractivity contribution in [3.63, 3.8) is 0 Å². The number of methoxy groups -OCH3 is 1.